The summed E-state index contributed by atoms with van der Waals surface area (Å²) in [6.45, 7) is 5.40. The van der Waals surface area contributed by atoms with Crippen LogP contribution < -0.4 is 4.72 Å². The summed E-state index contributed by atoms with van der Waals surface area (Å²) in [4.78, 5) is 16.4. The summed E-state index contributed by atoms with van der Waals surface area (Å²) in [5.41, 5.74) is 1.05. The van der Waals surface area contributed by atoms with Gasteiger partial charge in [-0.05, 0) is 45.0 Å². The van der Waals surface area contributed by atoms with Crippen LogP contribution in [0.25, 0.3) is 4.96 Å². The molecule has 0 saturated heterocycles. The van der Waals surface area contributed by atoms with Crippen LogP contribution in [-0.4, -0.2) is 35.6 Å². The average Bonchev–Trinajstić information content (AvgIpc) is 3.01. The molecule has 8 nitrogen and oxygen atoms in total. The maximum Gasteiger partial charge on any atom is 0.338 e. The molecule has 25 heavy (non-hydrogen) atoms. The third-order valence-corrected chi connectivity index (χ3v) is 5.63. The maximum absolute atomic E-state index is 12.7. The third kappa shape index (κ3) is 3.35. The molecule has 0 saturated carbocycles. The van der Waals surface area contributed by atoms with E-state index in [0.29, 0.717) is 21.9 Å². The number of imidazole rings is 1. The zero-order valence-corrected chi connectivity index (χ0v) is 15.4. The Morgan fingerprint density at radius 2 is 1.96 bits per heavy atom. The van der Waals surface area contributed by atoms with Crippen LogP contribution >= 0.6 is 11.3 Å². The Labute approximate surface area is 148 Å². The van der Waals surface area contributed by atoms with Crippen molar-refractivity contribution in [3.8, 4) is 0 Å². The summed E-state index contributed by atoms with van der Waals surface area (Å²) in [6, 6.07) is 6.01. The van der Waals surface area contributed by atoms with E-state index < -0.39 is 16.0 Å². The molecule has 0 amide bonds. The van der Waals surface area contributed by atoms with Gasteiger partial charge >= 0.3 is 5.97 Å². The molecule has 0 unspecified atom stereocenters. The zero-order chi connectivity index (χ0) is 18.2. The molecule has 10 heteroatoms. The lowest BCUT2D eigenvalue weighted by atomic mass is 10.2. The van der Waals surface area contributed by atoms with E-state index >= 15 is 0 Å². The molecule has 3 rings (SSSR count). The highest BCUT2D eigenvalue weighted by Crippen LogP contribution is 2.24. The van der Waals surface area contributed by atoms with E-state index in [4.69, 9.17) is 4.74 Å². The van der Waals surface area contributed by atoms with Gasteiger partial charge in [0, 0.05) is 5.69 Å². The number of carbonyl (C=O) groups is 1. The number of benzene rings is 1. The highest BCUT2D eigenvalue weighted by atomic mass is 32.2. The van der Waals surface area contributed by atoms with Gasteiger partial charge in [0.2, 0.25) is 9.99 Å². The Kier molecular flexibility index (Phi) is 4.48. The summed E-state index contributed by atoms with van der Waals surface area (Å²) in [5, 5.41) is 4.91. The molecule has 2 aromatic heterocycles. The van der Waals surface area contributed by atoms with Crippen LogP contribution in [0.2, 0.25) is 0 Å². The first kappa shape index (κ1) is 17.4. The molecule has 0 aliphatic carbocycles. The van der Waals surface area contributed by atoms with Gasteiger partial charge in [-0.1, -0.05) is 11.3 Å². The van der Waals surface area contributed by atoms with E-state index in [1.807, 2.05) is 0 Å². The molecule has 0 aliphatic heterocycles. The number of rotatable bonds is 5. The number of nitrogens with one attached hydrogen (secondary N) is 1. The van der Waals surface area contributed by atoms with Gasteiger partial charge in [-0.2, -0.15) is 18.0 Å². The molecule has 0 spiro atoms. The molecule has 0 aliphatic rings. The minimum atomic E-state index is -3.88. The second-order valence-electron chi connectivity index (χ2n) is 5.22. The van der Waals surface area contributed by atoms with E-state index in [9.17, 15) is 13.2 Å². The van der Waals surface area contributed by atoms with Crippen LogP contribution in [0.3, 0.4) is 0 Å². The van der Waals surface area contributed by atoms with E-state index in [1.165, 1.54) is 40.1 Å². The van der Waals surface area contributed by atoms with Crippen molar-refractivity contribution < 1.29 is 17.9 Å². The molecule has 0 fully saturated rings. The van der Waals surface area contributed by atoms with Crippen molar-refractivity contribution >= 4 is 38.0 Å². The first-order valence-electron chi connectivity index (χ1n) is 7.44. The Morgan fingerprint density at radius 3 is 2.60 bits per heavy atom. The summed E-state index contributed by atoms with van der Waals surface area (Å²) >= 11 is 1.32. The number of aromatic nitrogens is 3. The number of carbonyl (C=O) groups excluding carboxylic acids is 1. The Bertz CT molecular complexity index is 1040. The minimum Gasteiger partial charge on any atom is -0.462 e. The van der Waals surface area contributed by atoms with E-state index in [2.05, 4.69) is 14.8 Å². The number of esters is 1. The lowest BCUT2D eigenvalue weighted by Crippen LogP contribution is -2.16. The van der Waals surface area contributed by atoms with Crippen LogP contribution in [0.4, 0.5) is 5.69 Å². The first-order valence-corrected chi connectivity index (χ1v) is 9.74. The standard InChI is InChI=1S/C15H16N4O4S2/c1-4-23-14(20)11-5-7-12(8-6-11)18-25(21,22)13-9(2)16-15-19(13)17-10(3)24-15/h5-8,18H,4H2,1-3H3. The molecule has 1 N–H and O–H groups in total. The Balaban J connectivity index is 1.90. The van der Waals surface area contributed by atoms with Gasteiger partial charge in [-0.3, -0.25) is 4.72 Å². The number of sulfonamides is 1. The molecule has 1 aromatic carbocycles. The summed E-state index contributed by atoms with van der Waals surface area (Å²) < 4.78 is 34.2. The van der Waals surface area contributed by atoms with Gasteiger partial charge in [0.05, 0.1) is 17.9 Å². The SMILES string of the molecule is CCOC(=O)c1ccc(NS(=O)(=O)c2c(C)nc3sc(C)nn23)cc1. The van der Waals surface area contributed by atoms with E-state index in [0.717, 1.165) is 5.01 Å². The lowest BCUT2D eigenvalue weighted by molar-refractivity contribution is 0.0526. The lowest BCUT2D eigenvalue weighted by Gasteiger charge is -2.08. The largest absolute Gasteiger partial charge is 0.462 e. The van der Waals surface area contributed by atoms with Crippen molar-refractivity contribution in [3.63, 3.8) is 0 Å². The van der Waals surface area contributed by atoms with Crippen molar-refractivity contribution in [2.24, 2.45) is 0 Å². The fraction of sp³-hybridized carbons (Fsp3) is 0.267. The maximum atomic E-state index is 12.7. The van der Waals surface area contributed by atoms with Crippen molar-refractivity contribution in [3.05, 3.63) is 40.5 Å². The van der Waals surface area contributed by atoms with Crippen molar-refractivity contribution in [2.75, 3.05) is 11.3 Å². The first-order chi connectivity index (χ1) is 11.8. The van der Waals surface area contributed by atoms with Crippen LogP contribution in [0.15, 0.2) is 29.3 Å². The Hall–Kier alpha value is -2.46. The normalized spacial score (nSPS) is 11.6. The molecular weight excluding hydrogens is 364 g/mol. The number of ether oxygens (including phenoxy) is 1. The molecule has 0 atom stereocenters. The van der Waals surface area contributed by atoms with Gasteiger partial charge in [-0.15, -0.1) is 0 Å². The monoisotopic (exact) mass is 380 g/mol. The fourth-order valence-corrected chi connectivity index (χ4v) is 4.51. The fourth-order valence-electron chi connectivity index (χ4n) is 2.33. The number of hydrogen-bond acceptors (Lipinski definition) is 7. The second-order valence-corrected chi connectivity index (χ2v) is 7.98. The molecule has 3 aromatic rings. The summed E-state index contributed by atoms with van der Waals surface area (Å²) in [5.74, 6) is -0.455. The molecule has 2 heterocycles. The molecule has 0 bridgehead atoms. The highest BCUT2D eigenvalue weighted by Gasteiger charge is 2.25. The van der Waals surface area contributed by atoms with Gasteiger partial charge in [0.25, 0.3) is 10.0 Å². The van der Waals surface area contributed by atoms with Gasteiger partial charge in [-0.25, -0.2) is 9.78 Å². The highest BCUT2D eigenvalue weighted by molar-refractivity contribution is 7.92. The van der Waals surface area contributed by atoms with Crippen molar-refractivity contribution in [2.45, 2.75) is 25.8 Å². The molecule has 132 valence electrons. The third-order valence-electron chi connectivity index (χ3n) is 3.33. The molecule has 0 radical (unpaired) electrons. The number of anilines is 1. The summed E-state index contributed by atoms with van der Waals surface area (Å²) in [7, 11) is -3.88. The number of fused-ring (bicyclic) bond motifs is 1. The minimum absolute atomic E-state index is 0.00122. The zero-order valence-electron chi connectivity index (χ0n) is 13.8. The van der Waals surface area contributed by atoms with Crippen LogP contribution in [-0.2, 0) is 14.8 Å². The van der Waals surface area contributed by atoms with E-state index in [-0.39, 0.29) is 11.6 Å². The van der Waals surface area contributed by atoms with Crippen LogP contribution in [0, 0.1) is 13.8 Å². The number of hydrogen-bond donors (Lipinski definition) is 1. The van der Waals surface area contributed by atoms with Crippen LogP contribution in [0.5, 0.6) is 0 Å². The van der Waals surface area contributed by atoms with Crippen LogP contribution in [0.1, 0.15) is 28.0 Å². The van der Waals surface area contributed by atoms with Gasteiger partial charge < -0.3 is 4.74 Å². The predicted molar refractivity (Wildman–Crippen MR) is 93.5 cm³/mol. The molecular formula is C15H16N4O4S2. The quantitative estimate of drug-likeness (QED) is 0.682. The van der Waals surface area contributed by atoms with E-state index in [1.54, 1.807) is 20.8 Å². The average molecular weight is 380 g/mol. The van der Waals surface area contributed by atoms with Gasteiger partial charge in [0.1, 0.15) is 5.01 Å². The topological polar surface area (TPSA) is 103 Å². The second kappa shape index (κ2) is 6.45. The smallest absolute Gasteiger partial charge is 0.338 e. The van der Waals surface area contributed by atoms with Crippen molar-refractivity contribution in [1.82, 2.24) is 14.6 Å². The van der Waals surface area contributed by atoms with Crippen molar-refractivity contribution in [1.29, 1.82) is 0 Å². The predicted octanol–water partition coefficient (Wildman–Crippen LogP) is 2.39. The number of nitrogens with zero attached hydrogens (tertiary/aromatic N) is 3. The Morgan fingerprint density at radius 1 is 1.28 bits per heavy atom. The number of aryl methyl sites for hydroxylation is 2. The van der Waals surface area contributed by atoms with Gasteiger partial charge in [0.15, 0.2) is 0 Å². The summed E-state index contributed by atoms with van der Waals surface area (Å²) in [6.07, 6.45) is 0.